The van der Waals surface area contributed by atoms with Crippen LogP contribution in [0, 0.1) is 11.8 Å². The van der Waals surface area contributed by atoms with E-state index in [0.29, 0.717) is 18.5 Å². The number of carbonyl (C=O) groups is 5. The molecule has 0 aromatic heterocycles. The highest BCUT2D eigenvalue weighted by Gasteiger charge is 2.35. The van der Waals surface area contributed by atoms with E-state index >= 15 is 0 Å². The van der Waals surface area contributed by atoms with Gasteiger partial charge in [0.1, 0.15) is 12.2 Å². The van der Waals surface area contributed by atoms with E-state index in [-0.39, 0.29) is 34.9 Å². The summed E-state index contributed by atoms with van der Waals surface area (Å²) in [6, 6.07) is 0. The zero-order valence-electron chi connectivity index (χ0n) is 29.3. The van der Waals surface area contributed by atoms with Gasteiger partial charge in [-0.3, -0.25) is 14.4 Å². The topological polar surface area (TPSA) is 202 Å². The Morgan fingerprint density at radius 3 is 2.31 bits per heavy atom. The van der Waals surface area contributed by atoms with E-state index < -0.39 is 60.0 Å². The molecule has 1 aliphatic carbocycles. The minimum absolute atomic E-state index is 0.131. The molecule has 0 aromatic rings. The molecule has 0 spiro atoms. The third-order valence-electron chi connectivity index (χ3n) is 8.94. The minimum atomic E-state index is -1.03. The molecule has 3 aliphatic rings. The Hall–Kier alpha value is -4.27. The van der Waals surface area contributed by atoms with Gasteiger partial charge in [-0.2, -0.15) is 0 Å². The van der Waals surface area contributed by atoms with Crippen LogP contribution < -0.4 is 22.1 Å². The van der Waals surface area contributed by atoms with E-state index in [2.05, 4.69) is 15.5 Å². The second-order valence-corrected chi connectivity index (χ2v) is 12.8. The predicted molar refractivity (Wildman–Crippen MR) is 182 cm³/mol. The van der Waals surface area contributed by atoms with Gasteiger partial charge in [-0.05, 0) is 64.1 Å². The number of rotatable bonds is 8. The summed E-state index contributed by atoms with van der Waals surface area (Å²) in [5, 5.41) is 5.81. The number of hydrogen-bond donors (Lipinski definition) is 4. The van der Waals surface area contributed by atoms with Crippen molar-refractivity contribution < 1.29 is 42.9 Å². The predicted octanol–water partition coefficient (Wildman–Crippen LogP) is 2.55. The summed E-state index contributed by atoms with van der Waals surface area (Å²) in [5.41, 5.74) is 12.0. The summed E-state index contributed by atoms with van der Waals surface area (Å²) in [7, 11) is 2.89. The molecule has 2 unspecified atom stereocenters. The van der Waals surface area contributed by atoms with Gasteiger partial charge >= 0.3 is 12.2 Å². The van der Waals surface area contributed by atoms with Crippen molar-refractivity contribution in [3.05, 3.63) is 58.5 Å². The standard InChI is InChI=1S/C35H51N5O9/c1-20-16-24-29(38-12-15-40-13-7-8-14-40)26(41)19-25(30(24)42)39-33(43)21(2)10-9-11-27(46-5)31(48-34(36)44)22(3)18-23(4)32(49-35(37)45)28(17-20)47-6/h9-11,18-20,23,27-28,31-32,38H,7-8,12-17H2,1-6H3,(H2,36,44)(H2,37,45)(H,39,43)/b11-9-,21-10+,22-18+/t20-,23+,27?,28+,31+,32?/m1/s1. The van der Waals surface area contributed by atoms with Crippen molar-refractivity contribution in [3.8, 4) is 0 Å². The second-order valence-electron chi connectivity index (χ2n) is 12.8. The summed E-state index contributed by atoms with van der Waals surface area (Å²) in [5.74, 6) is -2.24. The maximum absolute atomic E-state index is 13.9. The van der Waals surface area contributed by atoms with Crippen LogP contribution in [0.2, 0.25) is 0 Å². The van der Waals surface area contributed by atoms with Gasteiger partial charge in [-0.25, -0.2) is 9.59 Å². The van der Waals surface area contributed by atoms with E-state index in [1.165, 1.54) is 20.3 Å². The van der Waals surface area contributed by atoms with Crippen molar-refractivity contribution in [2.24, 2.45) is 23.3 Å². The lowest BCUT2D eigenvalue weighted by molar-refractivity contribution is -0.120. The van der Waals surface area contributed by atoms with Gasteiger partial charge in [0.15, 0.2) is 6.10 Å². The number of allylic oxidation sites excluding steroid dienone is 4. The third-order valence-corrected chi connectivity index (χ3v) is 8.94. The van der Waals surface area contributed by atoms with Gasteiger partial charge < -0.3 is 45.9 Å². The van der Waals surface area contributed by atoms with E-state index in [4.69, 9.17) is 30.4 Å². The second kappa shape index (κ2) is 18.5. The SMILES string of the molecule is COC1/C=C\C=C(/C)C(=O)NC2=CC(=O)C(NCCN3CCCC3)=C(C[C@@H](C)C[C@H](OC)C(OC(N)=O)[C@@H](C)/C=C(\C)[C@@H]1OC(N)=O)C2=O. The molecule has 270 valence electrons. The molecular weight excluding hydrogens is 634 g/mol. The summed E-state index contributed by atoms with van der Waals surface area (Å²) < 4.78 is 22.4. The van der Waals surface area contributed by atoms with E-state index in [9.17, 15) is 24.0 Å². The van der Waals surface area contributed by atoms with Gasteiger partial charge in [-0.1, -0.05) is 38.2 Å². The smallest absolute Gasteiger partial charge is 0.405 e. The van der Waals surface area contributed by atoms with E-state index in [0.717, 1.165) is 38.6 Å². The first kappa shape index (κ1) is 39.2. The molecular formula is C35H51N5O9. The van der Waals surface area contributed by atoms with Gasteiger partial charge in [0.2, 0.25) is 11.6 Å². The van der Waals surface area contributed by atoms with Crippen LogP contribution in [-0.4, -0.2) is 99.4 Å². The van der Waals surface area contributed by atoms with Gasteiger partial charge in [-0.15, -0.1) is 0 Å². The number of likely N-dealkylation sites (tertiary alicyclic amines) is 1. The number of amides is 3. The largest absolute Gasteiger partial charge is 0.443 e. The number of nitrogens with zero attached hydrogens (tertiary/aromatic N) is 1. The number of nitrogens with one attached hydrogen (secondary N) is 2. The van der Waals surface area contributed by atoms with Crippen molar-refractivity contribution in [2.45, 2.75) is 77.8 Å². The molecule has 6 N–H and O–H groups in total. The Bertz CT molecular complexity index is 1410. The molecule has 14 nitrogen and oxygen atoms in total. The molecule has 1 fully saturated rings. The fourth-order valence-corrected chi connectivity index (χ4v) is 6.43. The van der Waals surface area contributed by atoms with Crippen molar-refractivity contribution in [2.75, 3.05) is 40.4 Å². The fourth-order valence-electron chi connectivity index (χ4n) is 6.43. The molecule has 6 atom stereocenters. The van der Waals surface area contributed by atoms with Crippen LogP contribution in [-0.2, 0) is 33.3 Å². The van der Waals surface area contributed by atoms with Crippen LogP contribution in [0.5, 0.6) is 0 Å². The van der Waals surface area contributed by atoms with E-state index in [1.54, 1.807) is 39.0 Å². The monoisotopic (exact) mass is 685 g/mol. The minimum Gasteiger partial charge on any atom is -0.443 e. The molecule has 2 bridgehead atoms. The summed E-state index contributed by atoms with van der Waals surface area (Å²) >= 11 is 0. The number of hydrogen-bond acceptors (Lipinski definition) is 11. The Kier molecular flexibility index (Phi) is 14.8. The van der Waals surface area contributed by atoms with Crippen LogP contribution in [0.15, 0.2) is 58.5 Å². The third kappa shape index (κ3) is 11.1. The molecule has 1 saturated heterocycles. The van der Waals surface area contributed by atoms with Crippen LogP contribution >= 0.6 is 0 Å². The normalized spacial score (nSPS) is 30.7. The van der Waals surface area contributed by atoms with Gasteiger partial charge in [0, 0.05) is 50.4 Å². The fraction of sp³-hybridized carbons (Fsp3) is 0.571. The zero-order valence-corrected chi connectivity index (χ0v) is 29.3. The van der Waals surface area contributed by atoms with E-state index in [1.807, 2.05) is 6.92 Å². The maximum Gasteiger partial charge on any atom is 0.405 e. The lowest BCUT2D eigenvalue weighted by Crippen LogP contribution is -2.41. The first-order valence-electron chi connectivity index (χ1n) is 16.6. The number of ether oxygens (including phenoxy) is 4. The van der Waals surface area contributed by atoms with Crippen LogP contribution in [0.4, 0.5) is 9.59 Å². The number of primary amides is 2. The van der Waals surface area contributed by atoms with Crippen molar-refractivity contribution in [1.29, 1.82) is 0 Å². The molecule has 0 saturated carbocycles. The number of methoxy groups -OCH3 is 2. The lowest BCUT2D eigenvalue weighted by Gasteiger charge is -2.32. The Balaban J connectivity index is 2.08. The first-order chi connectivity index (χ1) is 23.2. The van der Waals surface area contributed by atoms with Crippen molar-refractivity contribution in [1.82, 2.24) is 15.5 Å². The Morgan fingerprint density at radius 1 is 1.02 bits per heavy atom. The molecule has 49 heavy (non-hydrogen) atoms. The summed E-state index contributed by atoms with van der Waals surface area (Å²) in [6.07, 6.45) is 4.82. The molecule has 0 radical (unpaired) electrons. The molecule has 2 aliphatic heterocycles. The van der Waals surface area contributed by atoms with Crippen LogP contribution in [0.1, 0.15) is 53.4 Å². The average molecular weight is 686 g/mol. The zero-order chi connectivity index (χ0) is 36.2. The average Bonchev–Trinajstić information content (AvgIpc) is 3.56. The molecule has 2 heterocycles. The quantitative estimate of drug-likeness (QED) is 0.216. The number of fused-ring (bicyclic) bond motifs is 2. The molecule has 0 aromatic carbocycles. The first-order valence-corrected chi connectivity index (χ1v) is 16.6. The molecule has 14 heteroatoms. The van der Waals surface area contributed by atoms with Gasteiger partial charge in [0.25, 0.3) is 5.91 Å². The number of carbonyl (C=O) groups excluding carboxylic acids is 5. The number of nitrogens with two attached hydrogens (primary N) is 2. The molecule has 3 amide bonds. The highest BCUT2D eigenvalue weighted by atomic mass is 16.6. The number of ketones is 2. The Labute approximate surface area is 287 Å². The highest BCUT2D eigenvalue weighted by molar-refractivity contribution is 6.23. The maximum atomic E-state index is 13.9. The van der Waals surface area contributed by atoms with Crippen LogP contribution in [0.3, 0.4) is 0 Å². The van der Waals surface area contributed by atoms with Crippen molar-refractivity contribution >= 4 is 29.7 Å². The van der Waals surface area contributed by atoms with Gasteiger partial charge in [0.05, 0.1) is 17.5 Å². The summed E-state index contributed by atoms with van der Waals surface area (Å²) in [4.78, 5) is 66.9. The molecule has 3 rings (SSSR count). The number of Topliss-reactive ketones (excluding diaryl/α,β-unsaturated/α-hetero) is 1. The van der Waals surface area contributed by atoms with Crippen LogP contribution in [0.25, 0.3) is 0 Å². The Morgan fingerprint density at radius 2 is 1.69 bits per heavy atom. The highest BCUT2D eigenvalue weighted by Crippen LogP contribution is 2.30. The lowest BCUT2D eigenvalue weighted by atomic mass is 9.85. The van der Waals surface area contributed by atoms with Crippen molar-refractivity contribution in [3.63, 3.8) is 0 Å². The summed E-state index contributed by atoms with van der Waals surface area (Å²) in [6.45, 7) is 10.1.